The lowest BCUT2D eigenvalue weighted by atomic mass is 10.1. The smallest absolute Gasteiger partial charge is 0.326 e. The molecule has 3 amide bonds. The van der Waals surface area contributed by atoms with Gasteiger partial charge >= 0.3 is 11.9 Å². The number of benzene rings is 1. The molecule has 0 bridgehead atoms. The summed E-state index contributed by atoms with van der Waals surface area (Å²) in [6.07, 6.45) is 0.613. The van der Waals surface area contributed by atoms with Gasteiger partial charge in [-0.3, -0.25) is 29.1 Å². The molecular weight excluding hydrogens is 446 g/mol. The Balaban J connectivity index is 0.00000199. The Morgan fingerprint density at radius 2 is 1.71 bits per heavy atom. The van der Waals surface area contributed by atoms with Gasteiger partial charge in [-0.05, 0) is 52.2 Å². The molecule has 3 rings (SSSR count). The van der Waals surface area contributed by atoms with Gasteiger partial charge in [0, 0.05) is 13.0 Å². The third kappa shape index (κ3) is 6.04. The summed E-state index contributed by atoms with van der Waals surface area (Å²) in [4.78, 5) is 70.8. The summed E-state index contributed by atoms with van der Waals surface area (Å²) >= 11 is 0. The van der Waals surface area contributed by atoms with Gasteiger partial charge in [-0.25, -0.2) is 10.2 Å². The van der Waals surface area contributed by atoms with Gasteiger partial charge in [0.05, 0.1) is 11.1 Å². The van der Waals surface area contributed by atoms with Crippen LogP contribution in [0.4, 0.5) is 0 Å². The number of carbonyl (C=O) groups is 6. The van der Waals surface area contributed by atoms with E-state index in [0.29, 0.717) is 24.3 Å². The average Bonchev–Trinajstić information content (AvgIpc) is 3.04. The molecule has 184 valence electrons. The number of hydrogen-bond donors (Lipinski definition) is 2. The Bertz CT molecular complexity index is 936. The van der Waals surface area contributed by atoms with E-state index in [1.54, 1.807) is 32.9 Å². The number of nitrogens with zero attached hydrogens (tertiary/aromatic N) is 2. The number of carbonyl (C=O) groups excluding carboxylic acids is 5. The number of nitrogens with one attached hydrogen (secondary N) is 1. The van der Waals surface area contributed by atoms with Crippen LogP contribution in [-0.2, 0) is 23.9 Å². The maximum atomic E-state index is 12.7. The summed E-state index contributed by atoms with van der Waals surface area (Å²) < 4.78 is 5.36. The van der Waals surface area contributed by atoms with Crippen LogP contribution < -0.4 is 5.43 Å². The summed E-state index contributed by atoms with van der Waals surface area (Å²) in [5.74, 6) is -3.64. The van der Waals surface area contributed by atoms with Crippen LogP contribution in [0, 0.1) is 0 Å². The summed E-state index contributed by atoms with van der Waals surface area (Å²) in [5.41, 5.74) is 2.48. The van der Waals surface area contributed by atoms with Crippen molar-refractivity contribution in [1.29, 1.82) is 0 Å². The maximum absolute atomic E-state index is 12.7. The Morgan fingerprint density at radius 3 is 2.21 bits per heavy atom. The van der Waals surface area contributed by atoms with Gasteiger partial charge in [-0.1, -0.05) is 12.1 Å². The number of aliphatic carboxylic acids is 1. The van der Waals surface area contributed by atoms with Crippen molar-refractivity contribution in [2.45, 2.75) is 64.1 Å². The minimum absolute atomic E-state index is 0.146. The number of carboxylic acid groups (broad SMARTS) is 1. The van der Waals surface area contributed by atoms with Crippen LogP contribution in [0.3, 0.4) is 0 Å². The second-order valence-electron chi connectivity index (χ2n) is 8.82. The van der Waals surface area contributed by atoms with E-state index in [0.717, 1.165) is 0 Å². The third-order valence-corrected chi connectivity index (χ3v) is 5.23. The fourth-order valence-corrected chi connectivity index (χ4v) is 3.76. The highest BCUT2D eigenvalue weighted by Gasteiger charge is 2.43. The number of rotatable bonds is 6. The molecule has 0 aromatic heterocycles. The second kappa shape index (κ2) is 11.0. The zero-order valence-corrected chi connectivity index (χ0v) is 19.4. The molecule has 2 N–H and O–H groups in total. The van der Waals surface area contributed by atoms with Crippen LogP contribution in [0.25, 0.3) is 0 Å². The summed E-state index contributed by atoms with van der Waals surface area (Å²) in [7, 11) is 0. The fraction of sp³-hybridized carbons (Fsp3) is 0.478. The van der Waals surface area contributed by atoms with Crippen molar-refractivity contribution in [3.63, 3.8) is 0 Å². The molecule has 0 aliphatic carbocycles. The van der Waals surface area contributed by atoms with E-state index in [-0.39, 0.29) is 24.0 Å². The Kier molecular flexibility index (Phi) is 8.63. The molecule has 1 unspecified atom stereocenters. The molecule has 0 saturated carbocycles. The lowest BCUT2D eigenvalue weighted by molar-refractivity contribution is -0.161. The maximum Gasteiger partial charge on any atom is 0.326 e. The molecule has 1 saturated heterocycles. The fourth-order valence-electron chi connectivity index (χ4n) is 3.76. The van der Waals surface area contributed by atoms with E-state index >= 15 is 0 Å². The first-order valence-electron chi connectivity index (χ1n) is 10.8. The average molecular weight is 475 g/mol. The predicted octanol–water partition coefficient (Wildman–Crippen LogP) is 1.17. The van der Waals surface area contributed by atoms with Crippen LogP contribution in [0.2, 0.25) is 0 Å². The third-order valence-electron chi connectivity index (χ3n) is 5.23. The highest BCUT2D eigenvalue weighted by molar-refractivity contribution is 6.22. The first-order valence-corrected chi connectivity index (χ1v) is 10.8. The van der Waals surface area contributed by atoms with Crippen LogP contribution in [0.5, 0.6) is 0 Å². The Morgan fingerprint density at radius 1 is 1.15 bits per heavy atom. The van der Waals surface area contributed by atoms with E-state index in [9.17, 15) is 29.1 Å². The molecular formula is C23H29N3O8. The van der Waals surface area contributed by atoms with Gasteiger partial charge in [0.2, 0.25) is 5.91 Å². The standard InChI is InChI=1S/C22H27N3O7.CH2O/c1-22(2,3)32-21(31)15-9-6-12-24(23-15)17(26)11-10-16(20(29)30)25-18(27)13-7-4-5-8-14(13)19(25)28;1-2/h4-5,7-8,15-16,23H,6,9-12H2,1-3H3,(H,29,30);1H2/t15?,16-;/m0./s1. The van der Waals surface area contributed by atoms with Crippen molar-refractivity contribution in [2.24, 2.45) is 0 Å². The number of imide groups is 1. The Hall–Kier alpha value is -3.60. The summed E-state index contributed by atoms with van der Waals surface area (Å²) in [5, 5.41) is 10.9. The highest BCUT2D eigenvalue weighted by atomic mass is 16.6. The zero-order chi connectivity index (χ0) is 25.6. The van der Waals surface area contributed by atoms with Gasteiger partial charge in [-0.2, -0.15) is 0 Å². The first-order chi connectivity index (χ1) is 16.0. The van der Waals surface area contributed by atoms with Crippen LogP contribution in [0.1, 0.15) is 67.2 Å². The summed E-state index contributed by atoms with van der Waals surface area (Å²) in [6, 6.07) is 3.96. The predicted molar refractivity (Wildman–Crippen MR) is 118 cm³/mol. The molecule has 2 aliphatic rings. The van der Waals surface area contributed by atoms with Crippen LogP contribution in [-0.4, -0.2) is 75.7 Å². The molecule has 2 heterocycles. The largest absolute Gasteiger partial charge is 0.480 e. The van der Waals surface area contributed by atoms with Crippen molar-refractivity contribution in [3.8, 4) is 0 Å². The molecule has 1 fully saturated rings. The van der Waals surface area contributed by atoms with E-state index in [4.69, 9.17) is 9.53 Å². The van der Waals surface area contributed by atoms with Gasteiger partial charge < -0.3 is 14.6 Å². The number of ether oxygens (including phenoxy) is 1. The van der Waals surface area contributed by atoms with E-state index in [1.165, 1.54) is 17.1 Å². The second-order valence-corrected chi connectivity index (χ2v) is 8.82. The number of hydrazine groups is 1. The zero-order valence-electron chi connectivity index (χ0n) is 19.4. The van der Waals surface area contributed by atoms with Gasteiger partial charge in [0.1, 0.15) is 24.5 Å². The minimum atomic E-state index is -1.47. The first kappa shape index (κ1) is 26.7. The van der Waals surface area contributed by atoms with Crippen molar-refractivity contribution in [1.82, 2.24) is 15.3 Å². The SMILES string of the molecule is C=O.CC(C)(C)OC(=O)C1CCCN(C(=O)CC[C@@H](C(=O)O)N2C(=O)c3ccccc3C2=O)N1. The molecule has 1 aromatic carbocycles. The lowest BCUT2D eigenvalue weighted by Gasteiger charge is -2.34. The van der Waals surface area contributed by atoms with E-state index in [2.05, 4.69) is 5.43 Å². The van der Waals surface area contributed by atoms with E-state index < -0.39 is 47.3 Å². The summed E-state index contributed by atoms with van der Waals surface area (Å²) in [6.45, 7) is 7.61. The normalized spacial score (nSPS) is 18.5. The molecule has 2 aliphatic heterocycles. The molecule has 11 heteroatoms. The lowest BCUT2D eigenvalue weighted by Crippen LogP contribution is -2.56. The van der Waals surface area contributed by atoms with E-state index in [1.807, 2.05) is 6.79 Å². The van der Waals surface area contributed by atoms with Crippen LogP contribution in [0.15, 0.2) is 24.3 Å². The van der Waals surface area contributed by atoms with Gasteiger partial charge in [0.25, 0.3) is 11.8 Å². The molecule has 11 nitrogen and oxygen atoms in total. The topological polar surface area (TPSA) is 150 Å². The number of carboxylic acids is 1. The molecule has 2 atom stereocenters. The number of hydrogen-bond acceptors (Lipinski definition) is 8. The molecule has 0 radical (unpaired) electrons. The molecule has 0 spiro atoms. The monoisotopic (exact) mass is 475 g/mol. The van der Waals surface area contributed by atoms with Crippen molar-refractivity contribution in [2.75, 3.05) is 6.54 Å². The number of fused-ring (bicyclic) bond motifs is 1. The number of esters is 1. The van der Waals surface area contributed by atoms with Crippen molar-refractivity contribution < 1.29 is 38.6 Å². The molecule has 34 heavy (non-hydrogen) atoms. The van der Waals surface area contributed by atoms with Gasteiger partial charge in [0.15, 0.2) is 0 Å². The Labute approximate surface area is 197 Å². The van der Waals surface area contributed by atoms with Crippen molar-refractivity contribution >= 4 is 36.4 Å². The minimum Gasteiger partial charge on any atom is -0.480 e. The van der Waals surface area contributed by atoms with Crippen molar-refractivity contribution in [3.05, 3.63) is 35.4 Å². The van der Waals surface area contributed by atoms with Crippen LogP contribution >= 0.6 is 0 Å². The highest BCUT2D eigenvalue weighted by Crippen LogP contribution is 2.26. The van der Waals surface area contributed by atoms with Gasteiger partial charge in [-0.15, -0.1) is 0 Å². The molecule has 1 aromatic rings. The number of amides is 3. The quantitative estimate of drug-likeness (QED) is 0.456.